The van der Waals surface area contributed by atoms with Gasteiger partial charge in [-0.2, -0.15) is 0 Å². The Morgan fingerprint density at radius 2 is 1.67 bits per heavy atom. The van der Waals surface area contributed by atoms with Crippen molar-refractivity contribution in [3.05, 3.63) is 59.1 Å². The number of anilines is 1. The molecule has 0 saturated carbocycles. The Bertz CT molecular complexity index is 697. The smallest absolute Gasteiger partial charge is 0.175 e. The van der Waals surface area contributed by atoms with Gasteiger partial charge in [0.15, 0.2) is 9.84 Å². The van der Waals surface area contributed by atoms with Crippen molar-refractivity contribution in [2.75, 3.05) is 18.2 Å². The van der Waals surface area contributed by atoms with Crippen molar-refractivity contribution in [1.29, 1.82) is 0 Å². The van der Waals surface area contributed by atoms with Crippen LogP contribution in [-0.2, 0) is 9.84 Å². The maximum atomic E-state index is 11.4. The van der Waals surface area contributed by atoms with E-state index in [4.69, 9.17) is 11.6 Å². The van der Waals surface area contributed by atoms with Gasteiger partial charge in [0.1, 0.15) is 0 Å². The van der Waals surface area contributed by atoms with Crippen molar-refractivity contribution in [3.8, 4) is 0 Å². The van der Waals surface area contributed by atoms with Gasteiger partial charge in [-0.15, -0.1) is 0 Å². The van der Waals surface area contributed by atoms with Gasteiger partial charge in [-0.05, 0) is 42.0 Å². The first kappa shape index (κ1) is 15.8. The molecule has 0 saturated heterocycles. The molecule has 0 aromatic heterocycles. The lowest BCUT2D eigenvalue weighted by atomic mass is 10.1. The molecule has 112 valence electrons. The molecular formula is C15H16ClNO3S. The third kappa shape index (κ3) is 4.20. The zero-order chi connectivity index (χ0) is 15.5. The van der Waals surface area contributed by atoms with E-state index in [1.807, 2.05) is 12.1 Å². The van der Waals surface area contributed by atoms with E-state index in [0.29, 0.717) is 5.02 Å². The molecule has 1 atom stereocenters. The first-order valence-corrected chi connectivity index (χ1v) is 8.60. The van der Waals surface area contributed by atoms with E-state index in [0.717, 1.165) is 11.3 Å². The summed E-state index contributed by atoms with van der Waals surface area (Å²) in [5.41, 5.74) is 1.63. The minimum atomic E-state index is -3.20. The lowest BCUT2D eigenvalue weighted by Crippen LogP contribution is -2.14. The predicted octanol–water partition coefficient (Wildman–Crippen LogP) is 2.89. The van der Waals surface area contributed by atoms with Crippen molar-refractivity contribution >= 4 is 27.1 Å². The summed E-state index contributed by atoms with van der Waals surface area (Å²) < 4.78 is 22.8. The normalized spacial score (nSPS) is 12.9. The van der Waals surface area contributed by atoms with Crippen molar-refractivity contribution in [3.63, 3.8) is 0 Å². The van der Waals surface area contributed by atoms with Gasteiger partial charge in [-0.3, -0.25) is 0 Å². The van der Waals surface area contributed by atoms with E-state index >= 15 is 0 Å². The van der Waals surface area contributed by atoms with E-state index in [-0.39, 0.29) is 17.5 Å². The zero-order valence-corrected chi connectivity index (χ0v) is 13.0. The van der Waals surface area contributed by atoms with Crippen LogP contribution < -0.4 is 5.32 Å². The van der Waals surface area contributed by atoms with Crippen LogP contribution >= 0.6 is 11.6 Å². The molecule has 0 radical (unpaired) electrons. The van der Waals surface area contributed by atoms with Crippen LogP contribution in [0.4, 0.5) is 5.69 Å². The molecule has 6 heteroatoms. The van der Waals surface area contributed by atoms with Gasteiger partial charge in [0.25, 0.3) is 0 Å². The first-order valence-electron chi connectivity index (χ1n) is 6.33. The quantitative estimate of drug-likeness (QED) is 0.887. The minimum absolute atomic E-state index is 0.0878. The highest BCUT2D eigenvalue weighted by Crippen LogP contribution is 2.22. The number of sulfone groups is 1. The molecule has 2 rings (SSSR count). The van der Waals surface area contributed by atoms with Gasteiger partial charge >= 0.3 is 0 Å². The predicted molar refractivity (Wildman–Crippen MR) is 84.5 cm³/mol. The fourth-order valence-corrected chi connectivity index (χ4v) is 2.69. The second-order valence-electron chi connectivity index (χ2n) is 4.73. The van der Waals surface area contributed by atoms with E-state index in [2.05, 4.69) is 5.32 Å². The highest BCUT2D eigenvalue weighted by molar-refractivity contribution is 7.90. The van der Waals surface area contributed by atoms with Crippen molar-refractivity contribution < 1.29 is 13.5 Å². The van der Waals surface area contributed by atoms with Crippen LogP contribution in [0.1, 0.15) is 11.6 Å². The Hall–Kier alpha value is -1.56. The van der Waals surface area contributed by atoms with Gasteiger partial charge < -0.3 is 10.4 Å². The lowest BCUT2D eigenvalue weighted by Gasteiger charge is -2.18. The molecule has 1 unspecified atom stereocenters. The standard InChI is InChI=1S/C15H16ClNO3S/c1-21(19,20)14-8-6-13(7-9-14)17-15(10-18)11-2-4-12(16)5-3-11/h2-9,15,17-18H,10H2,1H3. The van der Waals surface area contributed by atoms with E-state index in [1.54, 1.807) is 24.3 Å². The van der Waals surface area contributed by atoms with Crippen LogP contribution in [0, 0.1) is 0 Å². The second-order valence-corrected chi connectivity index (χ2v) is 7.18. The molecule has 2 N–H and O–H groups in total. The summed E-state index contributed by atoms with van der Waals surface area (Å²) in [6.45, 7) is -0.0878. The summed E-state index contributed by atoms with van der Waals surface area (Å²) in [6, 6.07) is 13.3. The molecule has 0 aliphatic carbocycles. The van der Waals surface area contributed by atoms with Crippen LogP contribution in [0.2, 0.25) is 5.02 Å². The van der Waals surface area contributed by atoms with Gasteiger partial charge in [-0.25, -0.2) is 8.42 Å². The molecule has 0 fully saturated rings. The fourth-order valence-electron chi connectivity index (χ4n) is 1.93. The molecule has 0 bridgehead atoms. The molecular weight excluding hydrogens is 310 g/mol. The molecule has 0 aliphatic heterocycles. The number of hydrogen-bond acceptors (Lipinski definition) is 4. The average molecular weight is 326 g/mol. The highest BCUT2D eigenvalue weighted by Gasteiger charge is 2.11. The van der Waals surface area contributed by atoms with Gasteiger partial charge in [0.2, 0.25) is 0 Å². The number of halogens is 1. The van der Waals surface area contributed by atoms with E-state index in [9.17, 15) is 13.5 Å². The maximum Gasteiger partial charge on any atom is 0.175 e. The van der Waals surface area contributed by atoms with Gasteiger partial charge in [0.05, 0.1) is 17.5 Å². The lowest BCUT2D eigenvalue weighted by molar-refractivity contribution is 0.276. The molecule has 4 nitrogen and oxygen atoms in total. The molecule has 0 heterocycles. The molecule has 21 heavy (non-hydrogen) atoms. The third-order valence-corrected chi connectivity index (χ3v) is 4.46. The number of rotatable bonds is 5. The Kier molecular flexibility index (Phi) is 4.88. The van der Waals surface area contributed by atoms with Crippen LogP contribution in [-0.4, -0.2) is 26.4 Å². The summed E-state index contributed by atoms with van der Waals surface area (Å²) in [6.07, 6.45) is 1.17. The number of nitrogens with one attached hydrogen (secondary N) is 1. The summed E-state index contributed by atoms with van der Waals surface area (Å²) >= 11 is 5.84. The molecule has 0 amide bonds. The van der Waals surface area contributed by atoms with Gasteiger partial charge in [-0.1, -0.05) is 23.7 Å². The third-order valence-electron chi connectivity index (χ3n) is 3.08. The van der Waals surface area contributed by atoms with Crippen molar-refractivity contribution in [2.24, 2.45) is 0 Å². The van der Waals surface area contributed by atoms with Crippen LogP contribution in [0.3, 0.4) is 0 Å². The maximum absolute atomic E-state index is 11.4. The van der Waals surface area contributed by atoms with Crippen LogP contribution in [0.15, 0.2) is 53.4 Å². The number of hydrogen-bond donors (Lipinski definition) is 2. The summed E-state index contributed by atoms with van der Waals surface area (Å²) in [5, 5.41) is 13.3. The van der Waals surface area contributed by atoms with Crippen molar-refractivity contribution in [2.45, 2.75) is 10.9 Å². The Labute approximate surface area is 129 Å². The molecule has 0 spiro atoms. The molecule has 0 aliphatic rings. The summed E-state index contributed by atoms with van der Waals surface area (Å²) in [4.78, 5) is 0.264. The van der Waals surface area contributed by atoms with Crippen LogP contribution in [0.25, 0.3) is 0 Å². The fraction of sp³-hybridized carbons (Fsp3) is 0.200. The monoisotopic (exact) mass is 325 g/mol. The van der Waals surface area contributed by atoms with Crippen molar-refractivity contribution in [1.82, 2.24) is 0 Å². The Morgan fingerprint density at radius 1 is 1.10 bits per heavy atom. The number of benzene rings is 2. The number of aliphatic hydroxyl groups excluding tert-OH is 1. The minimum Gasteiger partial charge on any atom is -0.394 e. The summed E-state index contributed by atoms with van der Waals surface area (Å²) in [7, 11) is -3.20. The summed E-state index contributed by atoms with van der Waals surface area (Å²) in [5.74, 6) is 0. The highest BCUT2D eigenvalue weighted by atomic mass is 35.5. The van der Waals surface area contributed by atoms with E-state index in [1.165, 1.54) is 18.4 Å². The zero-order valence-electron chi connectivity index (χ0n) is 11.5. The largest absolute Gasteiger partial charge is 0.394 e. The number of aliphatic hydroxyl groups is 1. The van der Waals surface area contributed by atoms with E-state index < -0.39 is 9.84 Å². The molecule has 2 aromatic carbocycles. The SMILES string of the molecule is CS(=O)(=O)c1ccc(NC(CO)c2ccc(Cl)cc2)cc1. The Balaban J connectivity index is 2.17. The Morgan fingerprint density at radius 3 is 2.14 bits per heavy atom. The second kappa shape index (κ2) is 6.47. The topological polar surface area (TPSA) is 66.4 Å². The van der Waals surface area contributed by atoms with Gasteiger partial charge in [0, 0.05) is 17.0 Å². The van der Waals surface area contributed by atoms with Crippen LogP contribution in [0.5, 0.6) is 0 Å². The molecule has 2 aromatic rings. The first-order chi connectivity index (χ1) is 9.90. The average Bonchev–Trinajstić information content (AvgIpc) is 2.45.